The molecule has 220 valence electrons. The van der Waals surface area contributed by atoms with Crippen molar-refractivity contribution >= 4 is 16.9 Å². The number of anilines is 1. The average molecular weight is 592 g/mol. The van der Waals surface area contributed by atoms with E-state index in [0.717, 1.165) is 40.8 Å². The molecule has 0 aliphatic carbocycles. The number of pyridine rings is 1. The van der Waals surface area contributed by atoms with Crippen molar-refractivity contribution in [3.05, 3.63) is 78.1 Å². The summed E-state index contributed by atoms with van der Waals surface area (Å²) in [5, 5.41) is 13.7. The van der Waals surface area contributed by atoms with Gasteiger partial charge in [-0.1, -0.05) is 18.2 Å². The predicted molar refractivity (Wildman–Crippen MR) is 158 cm³/mol. The minimum absolute atomic E-state index is 0.00277. The maximum atomic E-state index is 13.4. The fourth-order valence-electron chi connectivity index (χ4n) is 4.64. The number of aliphatic hydroxyl groups excluding tert-OH is 1. The Kier molecular flexibility index (Phi) is 9.47. The van der Waals surface area contributed by atoms with Gasteiger partial charge in [-0.25, -0.2) is 4.21 Å². The van der Waals surface area contributed by atoms with E-state index in [9.17, 15) is 9.32 Å². The zero-order valence-corrected chi connectivity index (χ0v) is 24.4. The number of benzene rings is 2. The Morgan fingerprint density at radius 1 is 1.02 bits per heavy atom. The van der Waals surface area contributed by atoms with Crippen molar-refractivity contribution in [3.8, 4) is 34.4 Å². The Morgan fingerprint density at radius 3 is 2.50 bits per heavy atom. The van der Waals surface area contributed by atoms with Gasteiger partial charge in [-0.05, 0) is 59.9 Å². The number of hydrogen-bond donors (Lipinski definition) is 3. The second-order valence-electron chi connectivity index (χ2n) is 9.57. The standard InChI is InChI=1S/C30H33N5O6S/c1-38-26-11-8-20(14-27(26)42(37)35-30-33-28(39-2)15-29(34-30)40-3)19-7-10-25-21(13-19)6-9-23(41-25)17-32-18-24(36)22-5-4-12-31-16-22/h4-5,7-8,10-16,23-24,32,36H,6,9,17-18H2,1-3H3,(H,33,34,35)/t23-,24+,42?/m1/s1. The zero-order chi connectivity index (χ0) is 29.5. The van der Waals surface area contributed by atoms with Crippen LogP contribution in [0.2, 0.25) is 0 Å². The Balaban J connectivity index is 1.26. The first-order valence-electron chi connectivity index (χ1n) is 13.4. The van der Waals surface area contributed by atoms with E-state index in [-0.39, 0.29) is 23.8 Å². The smallest absolute Gasteiger partial charge is 0.241 e. The topological polar surface area (TPSA) is 137 Å². The molecular weight excluding hydrogens is 558 g/mol. The summed E-state index contributed by atoms with van der Waals surface area (Å²) in [7, 11) is 2.75. The van der Waals surface area contributed by atoms with Gasteiger partial charge in [-0.15, -0.1) is 0 Å². The molecule has 11 nitrogen and oxygen atoms in total. The zero-order valence-electron chi connectivity index (χ0n) is 23.6. The van der Waals surface area contributed by atoms with Gasteiger partial charge >= 0.3 is 0 Å². The highest BCUT2D eigenvalue weighted by atomic mass is 32.2. The summed E-state index contributed by atoms with van der Waals surface area (Å²) in [4.78, 5) is 12.9. The van der Waals surface area contributed by atoms with Gasteiger partial charge in [0.2, 0.25) is 17.7 Å². The molecule has 0 spiro atoms. The van der Waals surface area contributed by atoms with Gasteiger partial charge in [0.15, 0.2) is 11.0 Å². The van der Waals surface area contributed by atoms with Crippen molar-refractivity contribution in [3.63, 3.8) is 0 Å². The molecule has 3 atom stereocenters. The number of aromatic nitrogens is 3. The van der Waals surface area contributed by atoms with Crippen LogP contribution >= 0.6 is 0 Å². The third kappa shape index (κ3) is 6.96. The average Bonchev–Trinajstić information content (AvgIpc) is 3.04. The lowest BCUT2D eigenvalue weighted by atomic mass is 9.97. The monoisotopic (exact) mass is 591 g/mol. The number of ether oxygens (including phenoxy) is 4. The van der Waals surface area contributed by atoms with Crippen molar-refractivity contribution in [2.75, 3.05) is 39.1 Å². The number of nitrogens with one attached hydrogen (secondary N) is 2. The SMILES string of the molecule is COc1cc(OC)nc(NS(=O)c2cc(-c3ccc4c(c3)CC[C@H](CNC[C@H](O)c3cccnc3)O4)ccc2OC)n1. The Bertz CT molecular complexity index is 1520. The fraction of sp³-hybridized carbons (Fsp3) is 0.300. The molecule has 0 saturated heterocycles. The number of aliphatic hydroxyl groups is 1. The number of hydrogen-bond acceptors (Lipinski definition) is 10. The minimum Gasteiger partial charge on any atom is -0.495 e. The normalized spacial score (nSPS) is 15.6. The molecule has 0 saturated carbocycles. The number of fused-ring (bicyclic) bond motifs is 1. The second kappa shape index (κ2) is 13.6. The van der Waals surface area contributed by atoms with E-state index in [1.165, 1.54) is 27.4 Å². The van der Waals surface area contributed by atoms with E-state index < -0.39 is 17.1 Å². The van der Waals surface area contributed by atoms with Crippen LogP contribution in [0.15, 0.2) is 71.9 Å². The molecular formula is C30H33N5O6S. The van der Waals surface area contributed by atoms with Gasteiger partial charge in [0.05, 0.1) is 33.5 Å². The highest BCUT2D eigenvalue weighted by molar-refractivity contribution is 7.86. The quantitative estimate of drug-likeness (QED) is 0.224. The van der Waals surface area contributed by atoms with E-state index in [4.69, 9.17) is 18.9 Å². The van der Waals surface area contributed by atoms with E-state index in [1.807, 2.05) is 36.4 Å². The summed E-state index contributed by atoms with van der Waals surface area (Å²) in [5.74, 6) is 1.95. The van der Waals surface area contributed by atoms with E-state index >= 15 is 0 Å². The lowest BCUT2D eigenvalue weighted by Gasteiger charge is -2.27. The molecule has 3 N–H and O–H groups in total. The van der Waals surface area contributed by atoms with Crippen LogP contribution in [0.3, 0.4) is 0 Å². The highest BCUT2D eigenvalue weighted by Crippen LogP contribution is 2.34. The molecule has 2 aromatic carbocycles. The van der Waals surface area contributed by atoms with E-state index in [2.05, 4.69) is 31.1 Å². The molecule has 2 aromatic heterocycles. The number of rotatable bonds is 12. The largest absolute Gasteiger partial charge is 0.495 e. The molecule has 4 aromatic rings. The molecule has 0 radical (unpaired) electrons. The highest BCUT2D eigenvalue weighted by Gasteiger charge is 2.21. The van der Waals surface area contributed by atoms with Gasteiger partial charge in [-0.2, -0.15) is 9.97 Å². The van der Waals surface area contributed by atoms with E-state index in [0.29, 0.717) is 23.7 Å². The van der Waals surface area contributed by atoms with Crippen LogP contribution in [0.4, 0.5) is 5.95 Å². The summed E-state index contributed by atoms with van der Waals surface area (Å²) in [6.07, 6.45) is 4.43. The number of nitrogens with zero attached hydrogens (tertiary/aromatic N) is 3. The van der Waals surface area contributed by atoms with Crippen molar-refractivity contribution in [2.24, 2.45) is 0 Å². The number of aryl methyl sites for hydroxylation is 1. The summed E-state index contributed by atoms with van der Waals surface area (Å²) in [5.41, 5.74) is 3.73. The van der Waals surface area contributed by atoms with Crippen LogP contribution < -0.4 is 29.0 Å². The fourth-order valence-corrected chi connectivity index (χ4v) is 5.57. The first kappa shape index (κ1) is 29.2. The molecule has 1 unspecified atom stereocenters. The Morgan fingerprint density at radius 2 is 1.79 bits per heavy atom. The third-order valence-electron chi connectivity index (χ3n) is 6.85. The van der Waals surface area contributed by atoms with Crippen LogP contribution in [0.1, 0.15) is 23.7 Å². The molecule has 1 aliphatic rings. The summed E-state index contributed by atoms with van der Waals surface area (Å²) in [6, 6.07) is 16.8. The van der Waals surface area contributed by atoms with Crippen LogP contribution in [0, 0.1) is 0 Å². The third-order valence-corrected chi connectivity index (χ3v) is 7.93. The lowest BCUT2D eigenvalue weighted by molar-refractivity contribution is 0.146. The van der Waals surface area contributed by atoms with Crippen LogP contribution in [-0.4, -0.2) is 64.8 Å². The van der Waals surface area contributed by atoms with Crippen molar-refractivity contribution in [2.45, 2.75) is 29.9 Å². The van der Waals surface area contributed by atoms with Gasteiger partial charge in [0, 0.05) is 31.0 Å². The molecule has 0 fully saturated rings. The van der Waals surface area contributed by atoms with Crippen molar-refractivity contribution in [1.82, 2.24) is 20.3 Å². The lowest BCUT2D eigenvalue weighted by Crippen LogP contribution is -2.36. The van der Waals surface area contributed by atoms with Crippen LogP contribution in [0.25, 0.3) is 11.1 Å². The molecule has 0 bridgehead atoms. The Labute approximate surface area is 246 Å². The van der Waals surface area contributed by atoms with Crippen molar-refractivity contribution < 1.29 is 28.3 Å². The molecule has 0 amide bonds. The Hall–Kier alpha value is -4.26. The number of methoxy groups -OCH3 is 3. The molecule has 3 heterocycles. The second-order valence-corrected chi connectivity index (χ2v) is 10.8. The maximum Gasteiger partial charge on any atom is 0.241 e. The van der Waals surface area contributed by atoms with Gasteiger partial charge in [-0.3, -0.25) is 9.71 Å². The first-order chi connectivity index (χ1) is 20.5. The van der Waals surface area contributed by atoms with Crippen LogP contribution in [0.5, 0.6) is 23.3 Å². The van der Waals surface area contributed by atoms with E-state index in [1.54, 1.807) is 18.5 Å². The van der Waals surface area contributed by atoms with Gasteiger partial charge in [0.1, 0.15) is 22.5 Å². The predicted octanol–water partition coefficient (Wildman–Crippen LogP) is 3.72. The minimum atomic E-state index is -1.74. The molecule has 42 heavy (non-hydrogen) atoms. The molecule has 5 rings (SSSR count). The van der Waals surface area contributed by atoms with Gasteiger partial charge < -0.3 is 29.4 Å². The molecule has 12 heteroatoms. The molecule has 1 aliphatic heterocycles. The van der Waals surface area contributed by atoms with Crippen molar-refractivity contribution in [1.29, 1.82) is 0 Å². The van der Waals surface area contributed by atoms with Crippen LogP contribution in [-0.2, 0) is 17.4 Å². The summed E-state index contributed by atoms with van der Waals surface area (Å²) in [6.45, 7) is 1.05. The summed E-state index contributed by atoms with van der Waals surface area (Å²) >= 11 is 0. The first-order valence-corrected chi connectivity index (χ1v) is 14.5. The maximum absolute atomic E-state index is 13.4. The summed E-state index contributed by atoms with van der Waals surface area (Å²) < 4.78 is 38.3. The van der Waals surface area contributed by atoms with Gasteiger partial charge in [0.25, 0.3) is 0 Å².